The number of hydrogen-bond donors (Lipinski definition) is 1. The first-order chi connectivity index (χ1) is 7.36. The quantitative estimate of drug-likeness (QED) is 0.781. The van der Waals surface area contributed by atoms with E-state index in [1.807, 2.05) is 0 Å². The molecule has 1 N–H and O–H groups in total. The fourth-order valence-electron chi connectivity index (χ4n) is 2.73. The van der Waals surface area contributed by atoms with Crippen LogP contribution < -0.4 is 5.32 Å². The molecule has 0 amide bonds. The summed E-state index contributed by atoms with van der Waals surface area (Å²) < 4.78 is 5.76. The Morgan fingerprint density at radius 2 is 1.94 bits per heavy atom. The van der Waals surface area contributed by atoms with E-state index >= 15 is 0 Å². The molecule has 2 rings (SSSR count). The number of rotatable bonds is 1. The Morgan fingerprint density at radius 1 is 1.25 bits per heavy atom. The summed E-state index contributed by atoms with van der Waals surface area (Å²) in [7, 11) is 1.80. The second-order valence-corrected chi connectivity index (χ2v) is 5.67. The summed E-state index contributed by atoms with van der Waals surface area (Å²) in [5.74, 6) is 0. The highest BCUT2D eigenvalue weighted by atomic mass is 16.5. The summed E-state index contributed by atoms with van der Waals surface area (Å²) >= 11 is 0. The van der Waals surface area contributed by atoms with E-state index < -0.39 is 0 Å². The van der Waals surface area contributed by atoms with Gasteiger partial charge >= 0.3 is 0 Å². The molecule has 0 aromatic heterocycles. The van der Waals surface area contributed by atoms with Gasteiger partial charge in [-0.1, -0.05) is 17.7 Å². The third-order valence-electron chi connectivity index (χ3n) is 3.45. The van der Waals surface area contributed by atoms with Gasteiger partial charge in [0.2, 0.25) is 0 Å². The number of aryl methyl sites for hydroxylation is 1. The first-order valence-electron chi connectivity index (χ1n) is 5.81. The summed E-state index contributed by atoms with van der Waals surface area (Å²) in [5, 5.41) is 3.57. The van der Waals surface area contributed by atoms with Crippen molar-refractivity contribution in [3.05, 3.63) is 29.3 Å². The predicted molar refractivity (Wildman–Crippen MR) is 67.9 cm³/mol. The van der Waals surface area contributed by atoms with Crippen LogP contribution >= 0.6 is 0 Å². The predicted octanol–water partition coefficient (Wildman–Crippen LogP) is 3.45. The molecule has 0 saturated heterocycles. The normalized spacial score (nSPS) is 27.1. The lowest BCUT2D eigenvalue weighted by Gasteiger charge is -2.44. The lowest BCUT2D eigenvalue weighted by atomic mass is 9.78. The van der Waals surface area contributed by atoms with Gasteiger partial charge in [0, 0.05) is 30.3 Å². The number of methoxy groups -OCH3 is 1. The van der Waals surface area contributed by atoms with Crippen molar-refractivity contribution in [2.45, 2.75) is 45.3 Å². The molecular weight excluding hydrogens is 198 g/mol. The van der Waals surface area contributed by atoms with Gasteiger partial charge in [0.1, 0.15) is 0 Å². The topological polar surface area (TPSA) is 21.3 Å². The largest absolute Gasteiger partial charge is 0.380 e. The van der Waals surface area contributed by atoms with Crippen LogP contribution in [0.15, 0.2) is 18.2 Å². The van der Waals surface area contributed by atoms with E-state index in [1.165, 1.54) is 16.8 Å². The lowest BCUT2D eigenvalue weighted by Crippen LogP contribution is -2.45. The second kappa shape index (κ2) is 3.49. The van der Waals surface area contributed by atoms with Crippen LogP contribution in [0, 0.1) is 6.92 Å². The van der Waals surface area contributed by atoms with E-state index in [0.29, 0.717) is 0 Å². The van der Waals surface area contributed by atoms with E-state index in [0.717, 1.165) is 6.42 Å². The SMILES string of the molecule is COC1(C)CC(C)(C)Nc2ccc(C)cc21. The molecule has 16 heavy (non-hydrogen) atoms. The fraction of sp³-hybridized carbons (Fsp3) is 0.571. The third kappa shape index (κ3) is 1.82. The Balaban J connectivity index is 2.56. The van der Waals surface area contributed by atoms with Crippen molar-refractivity contribution in [1.82, 2.24) is 0 Å². The summed E-state index contributed by atoms with van der Waals surface area (Å²) in [6.45, 7) is 8.73. The minimum absolute atomic E-state index is 0.0764. The summed E-state index contributed by atoms with van der Waals surface area (Å²) in [5.41, 5.74) is 3.65. The number of hydrogen-bond acceptors (Lipinski definition) is 2. The van der Waals surface area contributed by atoms with Crippen LogP contribution in [0.1, 0.15) is 38.3 Å². The van der Waals surface area contributed by atoms with Gasteiger partial charge in [0.05, 0.1) is 5.60 Å². The molecule has 0 spiro atoms. The smallest absolute Gasteiger partial charge is 0.0941 e. The van der Waals surface area contributed by atoms with Crippen LogP contribution in [0.5, 0.6) is 0 Å². The van der Waals surface area contributed by atoms with Gasteiger partial charge in [-0.25, -0.2) is 0 Å². The molecule has 2 nitrogen and oxygen atoms in total. The fourth-order valence-corrected chi connectivity index (χ4v) is 2.73. The zero-order valence-corrected chi connectivity index (χ0v) is 10.8. The molecule has 1 heterocycles. The van der Waals surface area contributed by atoms with E-state index in [1.54, 1.807) is 7.11 Å². The molecule has 1 aromatic carbocycles. The maximum atomic E-state index is 5.76. The van der Waals surface area contributed by atoms with E-state index in [-0.39, 0.29) is 11.1 Å². The Labute approximate surface area is 98.0 Å². The maximum absolute atomic E-state index is 5.76. The van der Waals surface area contributed by atoms with Gasteiger partial charge in [-0.2, -0.15) is 0 Å². The molecule has 0 radical (unpaired) electrons. The monoisotopic (exact) mass is 219 g/mol. The van der Waals surface area contributed by atoms with Gasteiger partial charge in [-0.05, 0) is 33.8 Å². The van der Waals surface area contributed by atoms with Gasteiger partial charge in [0.15, 0.2) is 0 Å². The molecule has 1 aromatic rings. The van der Waals surface area contributed by atoms with Crippen molar-refractivity contribution in [3.8, 4) is 0 Å². The van der Waals surface area contributed by atoms with Gasteiger partial charge in [-0.3, -0.25) is 0 Å². The Morgan fingerprint density at radius 3 is 2.56 bits per heavy atom. The number of nitrogens with one attached hydrogen (secondary N) is 1. The van der Waals surface area contributed by atoms with Crippen LogP contribution in [0.2, 0.25) is 0 Å². The van der Waals surface area contributed by atoms with Crippen molar-refractivity contribution in [3.63, 3.8) is 0 Å². The molecular formula is C14H21NO. The summed E-state index contributed by atoms with van der Waals surface area (Å²) in [6.07, 6.45) is 0.979. The Bertz CT molecular complexity index is 411. The van der Waals surface area contributed by atoms with Gasteiger partial charge in [-0.15, -0.1) is 0 Å². The first-order valence-corrected chi connectivity index (χ1v) is 5.81. The van der Waals surface area contributed by atoms with Crippen LogP contribution in [-0.4, -0.2) is 12.6 Å². The van der Waals surface area contributed by atoms with Crippen molar-refractivity contribution < 1.29 is 4.74 Å². The van der Waals surface area contributed by atoms with E-state index in [4.69, 9.17) is 4.74 Å². The molecule has 0 bridgehead atoms. The highest BCUT2D eigenvalue weighted by Crippen LogP contribution is 2.43. The average Bonchev–Trinajstić information content (AvgIpc) is 2.18. The average molecular weight is 219 g/mol. The molecule has 0 aliphatic carbocycles. The summed E-state index contributed by atoms with van der Waals surface area (Å²) in [4.78, 5) is 0. The standard InChI is InChI=1S/C14H21NO/c1-10-6-7-12-11(8-10)14(4,16-5)9-13(2,3)15-12/h6-8,15H,9H2,1-5H3. The third-order valence-corrected chi connectivity index (χ3v) is 3.45. The number of anilines is 1. The molecule has 88 valence electrons. The zero-order valence-electron chi connectivity index (χ0n) is 10.8. The molecule has 1 atom stereocenters. The highest BCUT2D eigenvalue weighted by molar-refractivity contribution is 5.59. The highest BCUT2D eigenvalue weighted by Gasteiger charge is 2.40. The molecule has 0 saturated carbocycles. The van der Waals surface area contributed by atoms with Gasteiger partial charge in [0.25, 0.3) is 0 Å². The zero-order chi connectivity index (χ0) is 12.0. The van der Waals surface area contributed by atoms with Crippen LogP contribution in [0.3, 0.4) is 0 Å². The van der Waals surface area contributed by atoms with Crippen LogP contribution in [0.4, 0.5) is 5.69 Å². The minimum atomic E-state index is -0.184. The molecule has 2 heteroatoms. The van der Waals surface area contributed by atoms with E-state index in [9.17, 15) is 0 Å². The Kier molecular flexibility index (Phi) is 2.50. The van der Waals surface area contributed by atoms with Crippen molar-refractivity contribution in [2.24, 2.45) is 0 Å². The molecule has 1 aliphatic rings. The Hall–Kier alpha value is -1.02. The molecule has 0 fully saturated rings. The van der Waals surface area contributed by atoms with Crippen molar-refractivity contribution >= 4 is 5.69 Å². The maximum Gasteiger partial charge on any atom is 0.0941 e. The molecule has 1 aliphatic heterocycles. The lowest BCUT2D eigenvalue weighted by molar-refractivity contribution is -0.0208. The first kappa shape index (κ1) is 11.5. The number of fused-ring (bicyclic) bond motifs is 1. The molecule has 1 unspecified atom stereocenters. The number of ether oxygens (including phenoxy) is 1. The number of benzene rings is 1. The van der Waals surface area contributed by atoms with E-state index in [2.05, 4.69) is 51.2 Å². The minimum Gasteiger partial charge on any atom is -0.380 e. The summed E-state index contributed by atoms with van der Waals surface area (Å²) in [6, 6.07) is 6.52. The second-order valence-electron chi connectivity index (χ2n) is 5.67. The van der Waals surface area contributed by atoms with Crippen LogP contribution in [0.25, 0.3) is 0 Å². The van der Waals surface area contributed by atoms with Crippen molar-refractivity contribution in [2.75, 3.05) is 12.4 Å². The van der Waals surface area contributed by atoms with Gasteiger partial charge < -0.3 is 10.1 Å². The van der Waals surface area contributed by atoms with Crippen LogP contribution in [-0.2, 0) is 10.3 Å². The van der Waals surface area contributed by atoms with Crippen molar-refractivity contribution in [1.29, 1.82) is 0 Å².